The van der Waals surface area contributed by atoms with E-state index in [4.69, 9.17) is 7.58 Å². The van der Waals surface area contributed by atoms with Gasteiger partial charge in [-0.25, -0.2) is 4.98 Å². The van der Waals surface area contributed by atoms with E-state index in [1.165, 1.54) is 0 Å². The minimum Gasteiger partial charge on any atom is -0.615 e. The number of aromatic nitrogens is 1. The quantitative estimate of drug-likeness (QED) is 0.509. The first-order chi connectivity index (χ1) is 11.8. The van der Waals surface area contributed by atoms with Crippen molar-refractivity contribution in [3.63, 3.8) is 0 Å². The highest BCUT2D eigenvalue weighted by molar-refractivity contribution is 6.22. The standard InChI is InChI=1S/C10H9NO.C10H8O.Al/c1-7-5-6-8-3-2-4-9(12)10(8)11-7;11-10-7-3-5-8-4-1-2-6-9(8)10;/h2-6,12H,1H3;1-7,11H;/q;;+2/p-2. The number of fused-ring (bicyclic) bond motifs is 2. The zero-order chi connectivity index (χ0) is 16.4. The van der Waals surface area contributed by atoms with E-state index in [2.05, 4.69) is 29.2 Å². The van der Waals surface area contributed by atoms with Crippen molar-refractivity contribution in [2.45, 2.75) is 6.92 Å². The number of nitrogens with zero attached hydrogens (tertiary/aromatic N) is 1. The summed E-state index contributed by atoms with van der Waals surface area (Å²) in [5.41, 5.74) is 1.86. The van der Waals surface area contributed by atoms with Crippen LogP contribution >= 0.6 is 0 Å². The first-order valence-corrected chi connectivity index (χ1v) is 8.75. The van der Waals surface area contributed by atoms with Gasteiger partial charge in [0.05, 0.1) is 5.75 Å². The molecule has 0 spiro atoms. The Hall–Kier alpha value is -2.54. The van der Waals surface area contributed by atoms with Gasteiger partial charge in [0.15, 0.2) is 0 Å². The van der Waals surface area contributed by atoms with Crippen LogP contribution in [0.15, 0.2) is 72.8 Å². The molecule has 0 amide bonds. The Morgan fingerprint density at radius 1 is 0.708 bits per heavy atom. The fourth-order valence-electron chi connectivity index (χ4n) is 2.74. The first-order valence-electron chi connectivity index (χ1n) is 7.80. The van der Waals surface area contributed by atoms with Crippen molar-refractivity contribution in [1.82, 2.24) is 4.98 Å². The molecule has 0 aliphatic rings. The summed E-state index contributed by atoms with van der Waals surface area (Å²) in [5.74, 6) is 1.62. The van der Waals surface area contributed by atoms with Gasteiger partial charge in [0.1, 0.15) is 11.3 Å². The van der Waals surface area contributed by atoms with Crippen LogP contribution in [-0.2, 0) is 0 Å². The molecule has 0 aliphatic heterocycles. The minimum absolute atomic E-state index is 0.672. The smallest absolute Gasteiger partial charge is 0.615 e. The Bertz CT molecular complexity index is 1010. The lowest BCUT2D eigenvalue weighted by molar-refractivity contribution is 0.464. The van der Waals surface area contributed by atoms with E-state index in [1.54, 1.807) is 0 Å². The molecule has 3 aromatic carbocycles. The monoisotopic (exact) mass is 328 g/mol. The van der Waals surface area contributed by atoms with Crippen LogP contribution < -0.4 is 7.58 Å². The molecule has 1 heterocycles. The second kappa shape index (κ2) is 6.53. The van der Waals surface area contributed by atoms with Gasteiger partial charge in [-0.2, -0.15) is 0 Å². The van der Waals surface area contributed by atoms with E-state index < -0.39 is 15.9 Å². The molecular formula is C20H15AlNO2. The number of hydrogen-bond donors (Lipinski definition) is 0. The number of rotatable bonds is 4. The Kier molecular flexibility index (Phi) is 4.08. The van der Waals surface area contributed by atoms with Crippen LogP contribution in [0.2, 0.25) is 0 Å². The third kappa shape index (κ3) is 2.94. The van der Waals surface area contributed by atoms with Crippen LogP contribution in [0.5, 0.6) is 11.5 Å². The summed E-state index contributed by atoms with van der Waals surface area (Å²) in [5, 5.41) is 3.34. The summed E-state index contributed by atoms with van der Waals surface area (Å²) in [6, 6.07) is 24.3. The number of benzene rings is 3. The molecule has 24 heavy (non-hydrogen) atoms. The average molecular weight is 328 g/mol. The summed E-state index contributed by atoms with van der Waals surface area (Å²) < 4.78 is 11.9. The molecule has 115 valence electrons. The minimum atomic E-state index is -0.672. The lowest BCUT2D eigenvalue weighted by atomic mass is 10.1. The highest BCUT2D eigenvalue weighted by atomic mass is 27.2. The number of aryl methyl sites for hydroxylation is 1. The van der Waals surface area contributed by atoms with Crippen molar-refractivity contribution in [3.8, 4) is 11.5 Å². The number of para-hydroxylation sites is 1. The van der Waals surface area contributed by atoms with E-state index in [1.807, 2.05) is 55.5 Å². The summed E-state index contributed by atoms with van der Waals surface area (Å²) in [6.07, 6.45) is 0. The Morgan fingerprint density at radius 2 is 1.42 bits per heavy atom. The van der Waals surface area contributed by atoms with Crippen LogP contribution in [0.25, 0.3) is 21.7 Å². The molecule has 0 saturated heterocycles. The predicted molar refractivity (Wildman–Crippen MR) is 97.4 cm³/mol. The van der Waals surface area contributed by atoms with Gasteiger partial charge in [0.25, 0.3) is 0 Å². The third-order valence-corrected chi connectivity index (χ3v) is 4.62. The highest BCUT2D eigenvalue weighted by Gasteiger charge is 2.11. The Morgan fingerprint density at radius 3 is 2.33 bits per heavy atom. The second-order valence-electron chi connectivity index (χ2n) is 5.59. The number of hydrogen-bond acceptors (Lipinski definition) is 3. The van der Waals surface area contributed by atoms with Crippen LogP contribution in [0.3, 0.4) is 0 Å². The van der Waals surface area contributed by atoms with E-state index in [0.717, 1.165) is 38.9 Å². The summed E-state index contributed by atoms with van der Waals surface area (Å²) in [6.45, 7) is 1.98. The van der Waals surface area contributed by atoms with Crippen LogP contribution in [-0.4, -0.2) is 20.9 Å². The lowest BCUT2D eigenvalue weighted by Crippen LogP contribution is -2.11. The van der Waals surface area contributed by atoms with Gasteiger partial charge in [0.2, 0.25) is 0 Å². The summed E-state index contributed by atoms with van der Waals surface area (Å²) in [7, 11) is 0. The van der Waals surface area contributed by atoms with Crippen molar-refractivity contribution in [2.75, 3.05) is 0 Å². The fraction of sp³-hybridized carbons (Fsp3) is 0.0500. The second-order valence-corrected chi connectivity index (χ2v) is 6.25. The topological polar surface area (TPSA) is 31.4 Å². The third-order valence-electron chi connectivity index (χ3n) is 3.92. The lowest BCUT2D eigenvalue weighted by Gasteiger charge is -2.12. The van der Waals surface area contributed by atoms with Crippen LogP contribution in [0.1, 0.15) is 5.69 Å². The van der Waals surface area contributed by atoms with Crippen molar-refractivity contribution in [1.29, 1.82) is 0 Å². The Labute approximate surface area is 147 Å². The molecule has 3 nitrogen and oxygen atoms in total. The molecule has 0 fully saturated rings. The van der Waals surface area contributed by atoms with Crippen LogP contribution in [0.4, 0.5) is 0 Å². The molecule has 0 aliphatic carbocycles. The van der Waals surface area contributed by atoms with Crippen molar-refractivity contribution < 1.29 is 7.58 Å². The maximum atomic E-state index is 5.94. The molecular weight excluding hydrogens is 313 g/mol. The van der Waals surface area contributed by atoms with Gasteiger partial charge in [-0.15, -0.1) is 0 Å². The zero-order valence-corrected chi connectivity index (χ0v) is 14.4. The summed E-state index contributed by atoms with van der Waals surface area (Å²) in [4.78, 5) is 4.58. The largest absolute Gasteiger partial charge is 0.881 e. The first kappa shape index (κ1) is 15.0. The van der Waals surface area contributed by atoms with Crippen LogP contribution in [0, 0.1) is 6.92 Å². The van der Waals surface area contributed by atoms with Gasteiger partial charge in [-0.05, 0) is 30.5 Å². The maximum absolute atomic E-state index is 5.94. The van der Waals surface area contributed by atoms with Gasteiger partial charge in [-0.1, -0.05) is 54.6 Å². The SMILES string of the molecule is Cc1ccc2cccc([O][Al][O]c3cccc4ccccc34)c2n1. The van der Waals surface area contributed by atoms with Crippen molar-refractivity contribution >= 4 is 37.6 Å². The van der Waals surface area contributed by atoms with Gasteiger partial charge < -0.3 is 7.58 Å². The normalized spacial score (nSPS) is 10.7. The van der Waals surface area contributed by atoms with Gasteiger partial charge in [-0.3, -0.25) is 0 Å². The molecule has 0 bridgehead atoms. The van der Waals surface area contributed by atoms with Crippen molar-refractivity contribution in [2.24, 2.45) is 0 Å². The fourth-order valence-corrected chi connectivity index (χ4v) is 3.39. The summed E-state index contributed by atoms with van der Waals surface area (Å²) >= 11 is -0.672. The average Bonchev–Trinajstić information content (AvgIpc) is 2.62. The van der Waals surface area contributed by atoms with E-state index in [-0.39, 0.29) is 0 Å². The van der Waals surface area contributed by atoms with E-state index in [9.17, 15) is 0 Å². The molecule has 0 unspecified atom stereocenters. The van der Waals surface area contributed by atoms with Gasteiger partial charge in [0, 0.05) is 16.5 Å². The predicted octanol–water partition coefficient (Wildman–Crippen LogP) is 4.69. The molecule has 0 atom stereocenters. The molecule has 0 N–H and O–H groups in total. The molecule has 4 heteroatoms. The molecule has 0 saturated carbocycles. The van der Waals surface area contributed by atoms with Crippen molar-refractivity contribution in [3.05, 3.63) is 78.5 Å². The molecule has 1 aromatic heterocycles. The Balaban J connectivity index is 1.56. The zero-order valence-electron chi connectivity index (χ0n) is 13.3. The van der Waals surface area contributed by atoms with E-state index in [0.29, 0.717) is 0 Å². The maximum Gasteiger partial charge on any atom is 0.881 e. The molecule has 4 aromatic rings. The molecule has 1 radical (unpaired) electrons. The van der Waals surface area contributed by atoms with E-state index >= 15 is 0 Å². The molecule has 4 rings (SSSR count). The highest BCUT2D eigenvalue weighted by Crippen LogP contribution is 2.26. The number of pyridine rings is 1. The van der Waals surface area contributed by atoms with Gasteiger partial charge >= 0.3 is 15.9 Å².